The molecule has 0 aliphatic carbocycles. The second kappa shape index (κ2) is 9.07. The Kier molecular flexibility index (Phi) is 6.53. The molecule has 1 amide bonds. The number of carbonyl (C=O) groups excluding carboxylic acids is 1. The van der Waals surface area contributed by atoms with Gasteiger partial charge in [0.25, 0.3) is 5.91 Å². The van der Waals surface area contributed by atoms with E-state index < -0.39 is 11.4 Å². The van der Waals surface area contributed by atoms with Crippen molar-refractivity contribution in [1.82, 2.24) is 20.2 Å². The summed E-state index contributed by atoms with van der Waals surface area (Å²) in [6, 6.07) is 4.44. The molecule has 1 fully saturated rings. The molecule has 1 saturated heterocycles. The van der Waals surface area contributed by atoms with Crippen LogP contribution in [0.4, 0.5) is 4.39 Å². The first-order valence-electron chi connectivity index (χ1n) is 9.31. The van der Waals surface area contributed by atoms with Crippen molar-refractivity contribution in [3.63, 3.8) is 0 Å². The van der Waals surface area contributed by atoms with Crippen molar-refractivity contribution in [2.45, 2.75) is 31.4 Å². The number of hydrogen-bond donors (Lipinski definition) is 2. The second-order valence-electron chi connectivity index (χ2n) is 6.94. The van der Waals surface area contributed by atoms with E-state index in [1.54, 1.807) is 24.7 Å². The van der Waals surface area contributed by atoms with Gasteiger partial charge in [-0.3, -0.25) is 14.8 Å². The standard InChI is InChI=1S/C20H25FN4O3/c1-28-17-3-4-18(21)15(11-17)13-25-10-2-6-20(27,19(25)26)14-23-7-5-16-12-22-8-9-24-16/h3-4,8-9,11-12,23,27H,2,5-7,10,13-14H2,1H3/t20-/m1/s1. The maximum Gasteiger partial charge on any atom is 0.256 e. The number of piperidine rings is 1. The summed E-state index contributed by atoms with van der Waals surface area (Å²) in [7, 11) is 1.51. The number of methoxy groups -OCH3 is 1. The first kappa shape index (κ1) is 20.2. The summed E-state index contributed by atoms with van der Waals surface area (Å²) in [6.07, 6.45) is 6.60. The van der Waals surface area contributed by atoms with Gasteiger partial charge in [0.2, 0.25) is 0 Å². The van der Waals surface area contributed by atoms with E-state index in [-0.39, 0.29) is 19.0 Å². The fourth-order valence-electron chi connectivity index (χ4n) is 3.36. The molecule has 2 aromatic rings. The molecule has 0 bridgehead atoms. The van der Waals surface area contributed by atoms with Crippen molar-refractivity contribution in [2.24, 2.45) is 0 Å². The number of amides is 1. The predicted molar refractivity (Wildman–Crippen MR) is 101 cm³/mol. The highest BCUT2D eigenvalue weighted by Crippen LogP contribution is 2.25. The van der Waals surface area contributed by atoms with Gasteiger partial charge in [0, 0.05) is 56.8 Å². The molecule has 7 nitrogen and oxygen atoms in total. The highest BCUT2D eigenvalue weighted by atomic mass is 19.1. The van der Waals surface area contributed by atoms with Crippen molar-refractivity contribution in [3.05, 3.63) is 53.9 Å². The number of nitrogens with one attached hydrogen (secondary N) is 1. The molecule has 0 unspecified atom stereocenters. The van der Waals surface area contributed by atoms with Crippen molar-refractivity contribution in [2.75, 3.05) is 26.7 Å². The van der Waals surface area contributed by atoms with E-state index in [1.807, 2.05) is 0 Å². The van der Waals surface area contributed by atoms with Gasteiger partial charge < -0.3 is 20.1 Å². The number of aromatic nitrogens is 2. The number of aliphatic hydroxyl groups is 1. The van der Waals surface area contributed by atoms with Gasteiger partial charge in [-0.25, -0.2) is 4.39 Å². The zero-order chi connectivity index (χ0) is 20.0. The largest absolute Gasteiger partial charge is 0.497 e. The lowest BCUT2D eigenvalue weighted by molar-refractivity contribution is -0.157. The monoisotopic (exact) mass is 388 g/mol. The highest BCUT2D eigenvalue weighted by molar-refractivity contribution is 5.86. The molecule has 1 aromatic carbocycles. The van der Waals surface area contributed by atoms with Crippen LogP contribution in [0.25, 0.3) is 0 Å². The predicted octanol–water partition coefficient (Wildman–Crippen LogP) is 1.31. The molecule has 28 heavy (non-hydrogen) atoms. The molecule has 3 rings (SSSR count). The van der Waals surface area contributed by atoms with Crippen LogP contribution in [0.2, 0.25) is 0 Å². The summed E-state index contributed by atoms with van der Waals surface area (Å²) >= 11 is 0. The van der Waals surface area contributed by atoms with E-state index in [9.17, 15) is 14.3 Å². The Bertz CT molecular complexity index is 805. The zero-order valence-electron chi connectivity index (χ0n) is 15.9. The number of halogens is 1. The summed E-state index contributed by atoms with van der Waals surface area (Å²) in [5.74, 6) is -0.250. The van der Waals surface area contributed by atoms with Gasteiger partial charge >= 0.3 is 0 Å². The van der Waals surface area contributed by atoms with Gasteiger partial charge in [0.05, 0.1) is 12.8 Å². The molecule has 1 atom stereocenters. The van der Waals surface area contributed by atoms with Gasteiger partial charge in [-0.05, 0) is 31.0 Å². The first-order valence-corrected chi connectivity index (χ1v) is 9.31. The van der Waals surface area contributed by atoms with E-state index in [0.29, 0.717) is 43.7 Å². The number of carbonyl (C=O) groups is 1. The molecular formula is C20H25FN4O3. The molecule has 8 heteroatoms. The Morgan fingerprint density at radius 3 is 3.00 bits per heavy atom. The summed E-state index contributed by atoms with van der Waals surface area (Å²) < 4.78 is 19.2. The molecule has 2 heterocycles. The number of ether oxygens (including phenoxy) is 1. The molecule has 0 saturated carbocycles. The van der Waals surface area contributed by atoms with Crippen LogP contribution < -0.4 is 10.1 Å². The molecule has 1 aliphatic rings. The van der Waals surface area contributed by atoms with Crippen LogP contribution in [0.3, 0.4) is 0 Å². The lowest BCUT2D eigenvalue weighted by Gasteiger charge is -2.38. The molecule has 0 radical (unpaired) electrons. The second-order valence-corrected chi connectivity index (χ2v) is 6.94. The summed E-state index contributed by atoms with van der Waals surface area (Å²) in [5.41, 5.74) is -0.282. The van der Waals surface area contributed by atoms with Gasteiger partial charge in [0.15, 0.2) is 5.60 Å². The average molecular weight is 388 g/mol. The van der Waals surface area contributed by atoms with E-state index in [0.717, 1.165) is 5.69 Å². The number of nitrogens with zero attached hydrogens (tertiary/aromatic N) is 3. The highest BCUT2D eigenvalue weighted by Gasteiger charge is 2.41. The van der Waals surface area contributed by atoms with Gasteiger partial charge in [-0.2, -0.15) is 0 Å². The van der Waals surface area contributed by atoms with Crippen LogP contribution in [0.15, 0.2) is 36.8 Å². The minimum Gasteiger partial charge on any atom is -0.497 e. The molecule has 2 N–H and O–H groups in total. The first-order chi connectivity index (χ1) is 13.5. The maximum absolute atomic E-state index is 14.1. The van der Waals surface area contributed by atoms with Crippen LogP contribution >= 0.6 is 0 Å². The number of likely N-dealkylation sites (tertiary alicyclic amines) is 1. The summed E-state index contributed by atoms with van der Waals surface area (Å²) in [5, 5.41) is 14.0. The maximum atomic E-state index is 14.1. The van der Waals surface area contributed by atoms with E-state index in [4.69, 9.17) is 4.74 Å². The van der Waals surface area contributed by atoms with Crippen molar-refractivity contribution in [1.29, 1.82) is 0 Å². The van der Waals surface area contributed by atoms with E-state index >= 15 is 0 Å². The number of hydrogen-bond acceptors (Lipinski definition) is 6. The fraction of sp³-hybridized carbons (Fsp3) is 0.450. The topological polar surface area (TPSA) is 87.6 Å². The Labute approximate surface area is 163 Å². The molecule has 1 aromatic heterocycles. The lowest BCUT2D eigenvalue weighted by atomic mass is 9.91. The third kappa shape index (κ3) is 4.82. The molecular weight excluding hydrogens is 363 g/mol. The molecule has 150 valence electrons. The Hall–Kier alpha value is -2.58. The van der Waals surface area contributed by atoms with Gasteiger partial charge in [-0.15, -0.1) is 0 Å². The van der Waals surface area contributed by atoms with E-state index in [1.165, 1.54) is 24.1 Å². The van der Waals surface area contributed by atoms with E-state index in [2.05, 4.69) is 15.3 Å². The molecule has 0 spiro atoms. The normalized spacial score (nSPS) is 19.7. The minimum atomic E-state index is -1.49. The number of benzene rings is 1. The van der Waals surface area contributed by atoms with Crippen molar-refractivity contribution >= 4 is 5.91 Å². The SMILES string of the molecule is COc1ccc(F)c(CN2CCC[C@@](O)(CNCCc3cnccn3)C2=O)c1. The average Bonchev–Trinajstić information content (AvgIpc) is 2.71. The Balaban J connectivity index is 1.58. The number of rotatable bonds is 8. The zero-order valence-corrected chi connectivity index (χ0v) is 15.9. The van der Waals surface area contributed by atoms with Crippen molar-refractivity contribution in [3.8, 4) is 5.75 Å². The third-order valence-electron chi connectivity index (χ3n) is 4.91. The third-order valence-corrected chi connectivity index (χ3v) is 4.91. The van der Waals surface area contributed by atoms with Gasteiger partial charge in [-0.1, -0.05) is 0 Å². The van der Waals surface area contributed by atoms with Crippen LogP contribution in [0.5, 0.6) is 5.75 Å². The Morgan fingerprint density at radius 2 is 2.25 bits per heavy atom. The minimum absolute atomic E-state index is 0.101. The molecule has 1 aliphatic heterocycles. The lowest BCUT2D eigenvalue weighted by Crippen LogP contribution is -2.57. The Morgan fingerprint density at radius 1 is 1.39 bits per heavy atom. The van der Waals surface area contributed by atoms with Gasteiger partial charge in [0.1, 0.15) is 11.6 Å². The summed E-state index contributed by atoms with van der Waals surface area (Å²) in [6.45, 7) is 1.29. The quantitative estimate of drug-likeness (QED) is 0.663. The summed E-state index contributed by atoms with van der Waals surface area (Å²) in [4.78, 5) is 22.5. The van der Waals surface area contributed by atoms with Crippen molar-refractivity contribution < 1.29 is 19.0 Å². The smallest absolute Gasteiger partial charge is 0.256 e. The van der Waals surface area contributed by atoms with Crippen LogP contribution in [-0.4, -0.2) is 58.2 Å². The van der Waals surface area contributed by atoms with Crippen LogP contribution in [0, 0.1) is 5.82 Å². The van der Waals surface area contributed by atoms with Crippen LogP contribution in [0.1, 0.15) is 24.1 Å². The fourth-order valence-corrected chi connectivity index (χ4v) is 3.36. The van der Waals surface area contributed by atoms with Crippen LogP contribution in [-0.2, 0) is 17.8 Å².